The lowest BCUT2D eigenvalue weighted by Crippen LogP contribution is -2.21. The van der Waals surface area contributed by atoms with E-state index in [4.69, 9.17) is 9.47 Å². The number of methoxy groups -OCH3 is 1. The van der Waals surface area contributed by atoms with Gasteiger partial charge in [0.1, 0.15) is 17.6 Å². The normalized spacial score (nSPS) is 12.7. The van der Waals surface area contributed by atoms with Crippen LogP contribution >= 0.6 is 0 Å². The summed E-state index contributed by atoms with van der Waals surface area (Å²) in [6.07, 6.45) is -3.48. The third kappa shape index (κ3) is 9.80. The number of hydrogen-bond acceptors (Lipinski definition) is 4. The maximum atomic E-state index is 12.6. The maximum absolute atomic E-state index is 12.6. The Kier molecular flexibility index (Phi) is 11.5. The van der Waals surface area contributed by atoms with E-state index in [-0.39, 0.29) is 6.10 Å². The minimum absolute atomic E-state index is 0.352. The number of amides is 1. The maximum Gasteiger partial charge on any atom is 0.416 e. The van der Waals surface area contributed by atoms with E-state index in [2.05, 4.69) is 38.1 Å². The first-order chi connectivity index (χ1) is 17.5. The second kappa shape index (κ2) is 14.3. The van der Waals surface area contributed by atoms with E-state index in [1.165, 1.54) is 22.6 Å². The molecule has 5 nitrogen and oxygen atoms in total. The Labute approximate surface area is 217 Å². The summed E-state index contributed by atoms with van der Waals surface area (Å²) < 4.78 is 48.9. The predicted molar refractivity (Wildman–Crippen MR) is 140 cm³/mol. The van der Waals surface area contributed by atoms with Crippen LogP contribution in [0.3, 0.4) is 0 Å². The van der Waals surface area contributed by atoms with Gasteiger partial charge in [0.25, 0.3) is 0 Å². The SMILES string of the molecule is CN(C=O)CCC(Oc1ccc(C(F)(F)F)cc1)c1ccccc1.COc1cccc(C(C)N(C)C)c1. The molecule has 37 heavy (non-hydrogen) atoms. The molecule has 3 rings (SSSR count). The Morgan fingerprint density at radius 2 is 1.49 bits per heavy atom. The van der Waals surface area contributed by atoms with E-state index in [1.807, 2.05) is 42.5 Å². The van der Waals surface area contributed by atoms with Crippen molar-refractivity contribution in [3.8, 4) is 11.5 Å². The average Bonchev–Trinajstić information content (AvgIpc) is 2.91. The van der Waals surface area contributed by atoms with E-state index < -0.39 is 11.7 Å². The molecule has 2 unspecified atom stereocenters. The van der Waals surface area contributed by atoms with Gasteiger partial charge in [-0.3, -0.25) is 4.79 Å². The fourth-order valence-electron chi connectivity index (χ4n) is 3.42. The molecule has 0 radical (unpaired) electrons. The van der Waals surface area contributed by atoms with E-state index in [0.29, 0.717) is 24.8 Å². The summed E-state index contributed by atoms with van der Waals surface area (Å²) in [5.41, 5.74) is 1.47. The van der Waals surface area contributed by atoms with E-state index in [0.717, 1.165) is 29.9 Å². The zero-order chi connectivity index (χ0) is 27.4. The van der Waals surface area contributed by atoms with Gasteiger partial charge < -0.3 is 19.3 Å². The van der Waals surface area contributed by atoms with Gasteiger partial charge in [0.15, 0.2) is 0 Å². The zero-order valence-corrected chi connectivity index (χ0v) is 21.9. The average molecular weight is 517 g/mol. The summed E-state index contributed by atoms with van der Waals surface area (Å²) in [6, 6.07) is 22.6. The zero-order valence-electron chi connectivity index (χ0n) is 21.9. The number of hydrogen-bond donors (Lipinski definition) is 0. The van der Waals surface area contributed by atoms with Crippen molar-refractivity contribution < 1.29 is 27.4 Å². The van der Waals surface area contributed by atoms with Crippen molar-refractivity contribution in [2.24, 2.45) is 0 Å². The lowest BCUT2D eigenvalue weighted by molar-refractivity contribution is -0.137. The molecular formula is C29H35F3N2O3. The molecule has 200 valence electrons. The molecule has 8 heteroatoms. The second-order valence-corrected chi connectivity index (χ2v) is 8.83. The van der Waals surface area contributed by atoms with Crippen molar-refractivity contribution in [2.75, 3.05) is 34.8 Å². The summed E-state index contributed by atoms with van der Waals surface area (Å²) in [5, 5.41) is 0. The van der Waals surface area contributed by atoms with Gasteiger partial charge in [0, 0.05) is 26.1 Å². The summed E-state index contributed by atoms with van der Waals surface area (Å²) in [6.45, 7) is 2.65. The minimum Gasteiger partial charge on any atom is -0.497 e. The second-order valence-electron chi connectivity index (χ2n) is 8.83. The van der Waals surface area contributed by atoms with Crippen LogP contribution in [0.2, 0.25) is 0 Å². The Bertz CT molecular complexity index is 1070. The van der Waals surface area contributed by atoms with Crippen molar-refractivity contribution in [3.63, 3.8) is 0 Å². The highest BCUT2D eigenvalue weighted by Crippen LogP contribution is 2.32. The minimum atomic E-state index is -4.37. The van der Waals surface area contributed by atoms with Gasteiger partial charge in [-0.2, -0.15) is 13.2 Å². The topological polar surface area (TPSA) is 42.0 Å². The van der Waals surface area contributed by atoms with Gasteiger partial charge in [-0.05, 0) is 68.5 Å². The van der Waals surface area contributed by atoms with Gasteiger partial charge in [-0.15, -0.1) is 0 Å². The van der Waals surface area contributed by atoms with Crippen LogP contribution in [-0.2, 0) is 11.0 Å². The molecule has 0 heterocycles. The van der Waals surface area contributed by atoms with Gasteiger partial charge in [-0.1, -0.05) is 42.5 Å². The highest BCUT2D eigenvalue weighted by Gasteiger charge is 2.30. The molecular weight excluding hydrogens is 481 g/mol. The number of carbonyl (C=O) groups excluding carboxylic acids is 1. The number of alkyl halides is 3. The summed E-state index contributed by atoms with van der Waals surface area (Å²) in [5.74, 6) is 1.27. The van der Waals surface area contributed by atoms with Crippen molar-refractivity contribution in [3.05, 3.63) is 95.6 Å². The first kappa shape index (κ1) is 29.7. The summed E-state index contributed by atoms with van der Waals surface area (Å²) in [4.78, 5) is 14.4. The van der Waals surface area contributed by atoms with E-state index in [9.17, 15) is 18.0 Å². The van der Waals surface area contributed by atoms with Gasteiger partial charge in [0.05, 0.1) is 12.7 Å². The first-order valence-corrected chi connectivity index (χ1v) is 11.9. The third-order valence-electron chi connectivity index (χ3n) is 5.91. The fraction of sp³-hybridized carbons (Fsp3) is 0.345. The van der Waals surface area contributed by atoms with Crippen molar-refractivity contribution in [1.29, 1.82) is 0 Å². The first-order valence-electron chi connectivity index (χ1n) is 11.9. The Morgan fingerprint density at radius 3 is 2.03 bits per heavy atom. The fourth-order valence-corrected chi connectivity index (χ4v) is 3.42. The molecule has 0 fully saturated rings. The number of ether oxygens (including phenoxy) is 2. The molecule has 0 spiro atoms. The molecule has 0 saturated heterocycles. The number of carbonyl (C=O) groups is 1. The van der Waals surface area contributed by atoms with E-state index >= 15 is 0 Å². The smallest absolute Gasteiger partial charge is 0.416 e. The standard InChI is InChI=1S/C18H18F3NO2.C11H17NO/c1-22(13-23)12-11-17(14-5-3-2-4-6-14)24-16-9-7-15(8-10-16)18(19,20)21;1-9(12(2)3)10-6-5-7-11(8-10)13-4/h2-10,13,17H,11-12H2,1H3;5-9H,1-4H3. The molecule has 0 aliphatic heterocycles. The summed E-state index contributed by atoms with van der Waals surface area (Å²) >= 11 is 0. The lowest BCUT2D eigenvalue weighted by Gasteiger charge is -2.22. The monoisotopic (exact) mass is 516 g/mol. The van der Waals surface area contributed by atoms with Crippen molar-refractivity contribution >= 4 is 6.41 Å². The Hall–Kier alpha value is -3.52. The van der Waals surface area contributed by atoms with Crippen molar-refractivity contribution in [2.45, 2.75) is 31.7 Å². The molecule has 0 aliphatic rings. The van der Waals surface area contributed by atoms with Crippen LogP contribution in [0.5, 0.6) is 11.5 Å². The van der Waals surface area contributed by atoms with Crippen LogP contribution < -0.4 is 9.47 Å². The van der Waals surface area contributed by atoms with Gasteiger partial charge >= 0.3 is 6.18 Å². The number of benzene rings is 3. The third-order valence-corrected chi connectivity index (χ3v) is 5.91. The van der Waals surface area contributed by atoms with Crippen LogP contribution in [0.1, 0.15) is 42.2 Å². The van der Waals surface area contributed by atoms with Gasteiger partial charge in [0.2, 0.25) is 6.41 Å². The molecule has 1 amide bonds. The highest BCUT2D eigenvalue weighted by molar-refractivity contribution is 5.46. The predicted octanol–water partition coefficient (Wildman–Crippen LogP) is 6.62. The summed E-state index contributed by atoms with van der Waals surface area (Å²) in [7, 11) is 7.50. The molecule has 0 N–H and O–H groups in total. The molecule has 3 aromatic carbocycles. The lowest BCUT2D eigenvalue weighted by atomic mass is 10.1. The van der Waals surface area contributed by atoms with E-state index in [1.54, 1.807) is 14.2 Å². The molecule has 0 aromatic heterocycles. The van der Waals surface area contributed by atoms with Crippen molar-refractivity contribution in [1.82, 2.24) is 9.80 Å². The number of nitrogens with zero attached hydrogens (tertiary/aromatic N) is 2. The quantitative estimate of drug-likeness (QED) is 0.284. The Morgan fingerprint density at radius 1 is 0.865 bits per heavy atom. The van der Waals surface area contributed by atoms with Crippen LogP contribution in [0.4, 0.5) is 13.2 Å². The molecule has 0 bridgehead atoms. The van der Waals surface area contributed by atoms with Crippen LogP contribution in [0, 0.1) is 0 Å². The number of rotatable bonds is 10. The molecule has 0 aliphatic carbocycles. The number of halogens is 3. The molecule has 3 aromatic rings. The Balaban J connectivity index is 0.000000312. The molecule has 2 atom stereocenters. The van der Waals surface area contributed by atoms with Crippen LogP contribution in [0.15, 0.2) is 78.9 Å². The largest absolute Gasteiger partial charge is 0.497 e. The van der Waals surface area contributed by atoms with Crippen LogP contribution in [0.25, 0.3) is 0 Å². The highest BCUT2D eigenvalue weighted by atomic mass is 19.4. The van der Waals surface area contributed by atoms with Gasteiger partial charge in [-0.25, -0.2) is 0 Å². The molecule has 0 saturated carbocycles. The van der Waals surface area contributed by atoms with Crippen LogP contribution in [-0.4, -0.2) is 51.0 Å².